The number of nitrogens with zero attached hydrogens (tertiary/aromatic N) is 1. The minimum Gasteiger partial charge on any atom is -0.507 e. The molecule has 0 unspecified atom stereocenters. The molecule has 0 saturated carbocycles. The Morgan fingerprint density at radius 3 is 2.71 bits per heavy atom. The first-order valence-corrected chi connectivity index (χ1v) is 8.48. The largest absolute Gasteiger partial charge is 0.507 e. The highest BCUT2D eigenvalue weighted by atomic mass is 79.9. The first kappa shape index (κ1) is 16.7. The Kier molecular flexibility index (Phi) is 4.48. The van der Waals surface area contributed by atoms with Gasteiger partial charge in [0.1, 0.15) is 17.1 Å². The molecular formula is C15H8BrNO5S2. The molecule has 0 bridgehead atoms. The SMILES string of the molecule is O=C(O)c1cc(N2C(=O)/C(=C\c3ccc(Br)o3)SC2=S)ccc1O. The van der Waals surface area contributed by atoms with Gasteiger partial charge in [-0.25, -0.2) is 4.79 Å². The number of aromatic hydroxyl groups is 1. The van der Waals surface area contributed by atoms with Gasteiger partial charge in [-0.2, -0.15) is 0 Å². The summed E-state index contributed by atoms with van der Waals surface area (Å²) in [5, 5.41) is 18.7. The molecule has 0 atom stereocenters. The second-order valence-corrected chi connectivity index (χ2v) is 7.12. The topological polar surface area (TPSA) is 91.0 Å². The first-order valence-electron chi connectivity index (χ1n) is 6.46. The number of carbonyl (C=O) groups is 2. The summed E-state index contributed by atoms with van der Waals surface area (Å²) >= 11 is 9.48. The molecule has 1 amide bonds. The minimum atomic E-state index is -1.30. The molecule has 1 aromatic heterocycles. The van der Waals surface area contributed by atoms with Crippen molar-refractivity contribution in [2.45, 2.75) is 0 Å². The number of carboxylic acid groups (broad SMARTS) is 1. The van der Waals surface area contributed by atoms with Crippen LogP contribution in [0.4, 0.5) is 5.69 Å². The second-order valence-electron chi connectivity index (χ2n) is 4.67. The predicted molar refractivity (Wildman–Crippen MR) is 97.1 cm³/mol. The quantitative estimate of drug-likeness (QED) is 0.569. The van der Waals surface area contributed by atoms with Gasteiger partial charge in [-0.1, -0.05) is 24.0 Å². The Morgan fingerprint density at radius 1 is 1.33 bits per heavy atom. The third-order valence-corrected chi connectivity index (χ3v) is 4.86. The minimum absolute atomic E-state index is 0.263. The molecule has 0 spiro atoms. The number of thioether (sulfide) groups is 1. The fourth-order valence-electron chi connectivity index (χ4n) is 2.06. The van der Waals surface area contributed by atoms with Crippen LogP contribution in [-0.4, -0.2) is 26.4 Å². The van der Waals surface area contributed by atoms with E-state index in [4.69, 9.17) is 21.7 Å². The molecule has 122 valence electrons. The lowest BCUT2D eigenvalue weighted by molar-refractivity contribution is -0.113. The number of halogens is 1. The molecule has 1 aliphatic heterocycles. The normalized spacial score (nSPS) is 16.2. The Morgan fingerprint density at radius 2 is 2.08 bits per heavy atom. The highest BCUT2D eigenvalue weighted by molar-refractivity contribution is 9.10. The van der Waals surface area contributed by atoms with Crippen LogP contribution in [0.5, 0.6) is 5.75 Å². The summed E-state index contributed by atoms with van der Waals surface area (Å²) in [7, 11) is 0. The van der Waals surface area contributed by atoms with Crippen LogP contribution in [0.3, 0.4) is 0 Å². The third kappa shape index (κ3) is 3.10. The summed E-state index contributed by atoms with van der Waals surface area (Å²) in [5.74, 6) is -1.58. The number of phenols is 1. The number of hydrogen-bond donors (Lipinski definition) is 2. The lowest BCUT2D eigenvalue weighted by Gasteiger charge is -2.15. The molecule has 1 fully saturated rings. The van der Waals surface area contributed by atoms with E-state index in [9.17, 15) is 14.7 Å². The van der Waals surface area contributed by atoms with Crippen molar-refractivity contribution in [3.63, 3.8) is 0 Å². The van der Waals surface area contributed by atoms with Crippen LogP contribution in [0.2, 0.25) is 0 Å². The maximum absolute atomic E-state index is 12.6. The number of carboxylic acids is 1. The zero-order chi connectivity index (χ0) is 17.4. The van der Waals surface area contributed by atoms with E-state index in [-0.39, 0.29) is 27.2 Å². The number of benzene rings is 1. The van der Waals surface area contributed by atoms with Crippen molar-refractivity contribution in [3.05, 3.63) is 51.2 Å². The van der Waals surface area contributed by atoms with Gasteiger partial charge in [0.25, 0.3) is 5.91 Å². The van der Waals surface area contributed by atoms with E-state index in [1.54, 1.807) is 18.2 Å². The summed E-state index contributed by atoms with van der Waals surface area (Å²) in [6.45, 7) is 0. The third-order valence-electron chi connectivity index (χ3n) is 3.13. The number of aromatic carboxylic acids is 1. The molecule has 0 radical (unpaired) electrons. The number of rotatable bonds is 3. The van der Waals surface area contributed by atoms with E-state index in [0.717, 1.165) is 11.8 Å². The van der Waals surface area contributed by atoms with Crippen LogP contribution in [0.1, 0.15) is 16.1 Å². The van der Waals surface area contributed by atoms with Gasteiger partial charge < -0.3 is 14.6 Å². The van der Waals surface area contributed by atoms with Gasteiger partial charge in [0.2, 0.25) is 0 Å². The Labute approximate surface area is 153 Å². The lowest BCUT2D eigenvalue weighted by atomic mass is 10.1. The molecule has 1 aromatic carbocycles. The van der Waals surface area contributed by atoms with Gasteiger partial charge in [0.05, 0.1) is 10.6 Å². The standard InChI is InChI=1S/C15H8BrNO5S2/c16-12-4-2-8(22-12)6-11-13(19)17(15(23)24-11)7-1-3-10(18)9(5-7)14(20)21/h1-6,18H,(H,20,21)/b11-6+. The average molecular weight is 426 g/mol. The molecule has 24 heavy (non-hydrogen) atoms. The van der Waals surface area contributed by atoms with Crippen molar-refractivity contribution in [2.24, 2.45) is 0 Å². The highest BCUT2D eigenvalue weighted by Crippen LogP contribution is 2.37. The maximum atomic E-state index is 12.6. The van der Waals surface area contributed by atoms with Gasteiger partial charge in [0.15, 0.2) is 8.99 Å². The van der Waals surface area contributed by atoms with Crippen molar-refractivity contribution in [3.8, 4) is 5.75 Å². The Balaban J connectivity index is 1.97. The molecule has 2 N–H and O–H groups in total. The van der Waals surface area contributed by atoms with Gasteiger partial charge in [0, 0.05) is 6.08 Å². The zero-order valence-corrected chi connectivity index (χ0v) is 14.9. The number of carbonyl (C=O) groups excluding carboxylic acids is 1. The van der Waals surface area contributed by atoms with Crippen molar-refractivity contribution in [1.29, 1.82) is 0 Å². The number of hydrogen-bond acceptors (Lipinski definition) is 6. The van der Waals surface area contributed by atoms with Crippen LogP contribution in [0, 0.1) is 0 Å². The average Bonchev–Trinajstić information content (AvgIpc) is 3.04. The molecule has 2 aromatic rings. The van der Waals surface area contributed by atoms with Crippen molar-refractivity contribution < 1.29 is 24.2 Å². The summed E-state index contributed by atoms with van der Waals surface area (Å²) in [6, 6.07) is 7.24. The molecule has 1 saturated heterocycles. The molecule has 3 rings (SSSR count). The van der Waals surface area contributed by atoms with Crippen molar-refractivity contribution in [1.82, 2.24) is 0 Å². The number of anilines is 1. The summed E-state index contributed by atoms with van der Waals surface area (Å²) in [4.78, 5) is 25.3. The van der Waals surface area contributed by atoms with E-state index >= 15 is 0 Å². The van der Waals surface area contributed by atoms with E-state index in [1.165, 1.54) is 23.1 Å². The van der Waals surface area contributed by atoms with Crippen LogP contribution in [0.25, 0.3) is 6.08 Å². The summed E-state index contributed by atoms with van der Waals surface area (Å²) in [6.07, 6.45) is 1.56. The number of amides is 1. The monoisotopic (exact) mass is 425 g/mol. The molecule has 0 aliphatic carbocycles. The molecule has 2 heterocycles. The van der Waals surface area contributed by atoms with Crippen LogP contribution < -0.4 is 4.90 Å². The fourth-order valence-corrected chi connectivity index (χ4v) is 3.66. The van der Waals surface area contributed by atoms with E-state index in [1.807, 2.05) is 0 Å². The van der Waals surface area contributed by atoms with Gasteiger partial charge in [-0.15, -0.1) is 0 Å². The van der Waals surface area contributed by atoms with Crippen molar-refractivity contribution in [2.75, 3.05) is 4.90 Å². The lowest BCUT2D eigenvalue weighted by Crippen LogP contribution is -2.27. The van der Waals surface area contributed by atoms with E-state index < -0.39 is 5.97 Å². The predicted octanol–water partition coefficient (Wildman–Crippen LogP) is 3.85. The number of thiocarbonyl (C=S) groups is 1. The van der Waals surface area contributed by atoms with Gasteiger partial charge in [-0.3, -0.25) is 9.69 Å². The van der Waals surface area contributed by atoms with E-state index in [0.29, 0.717) is 15.3 Å². The smallest absolute Gasteiger partial charge is 0.339 e. The fraction of sp³-hybridized carbons (Fsp3) is 0. The van der Waals surface area contributed by atoms with Gasteiger partial charge in [-0.05, 0) is 46.3 Å². The maximum Gasteiger partial charge on any atom is 0.339 e. The Hall–Kier alpha value is -2.10. The van der Waals surface area contributed by atoms with Crippen LogP contribution in [-0.2, 0) is 4.79 Å². The van der Waals surface area contributed by atoms with Crippen LogP contribution >= 0.6 is 39.9 Å². The van der Waals surface area contributed by atoms with Gasteiger partial charge >= 0.3 is 5.97 Å². The molecular weight excluding hydrogens is 418 g/mol. The first-order chi connectivity index (χ1) is 11.4. The summed E-state index contributed by atoms with van der Waals surface area (Å²) < 4.78 is 6.14. The highest BCUT2D eigenvalue weighted by Gasteiger charge is 2.34. The molecule has 1 aliphatic rings. The van der Waals surface area contributed by atoms with Crippen LogP contribution in [0.15, 0.2) is 44.3 Å². The van der Waals surface area contributed by atoms with E-state index in [2.05, 4.69) is 15.9 Å². The molecule has 6 nitrogen and oxygen atoms in total. The second kappa shape index (κ2) is 6.42. The number of furan rings is 1. The zero-order valence-electron chi connectivity index (χ0n) is 11.7. The Bertz CT molecular complexity index is 905. The molecule has 9 heteroatoms. The van der Waals surface area contributed by atoms with Crippen molar-refractivity contribution >= 4 is 67.9 Å². The summed E-state index contributed by atoms with van der Waals surface area (Å²) in [5.41, 5.74) is -0.0304.